The molecule has 3 fully saturated rings. The number of hydrogen-bond acceptors (Lipinski definition) is 7. The zero-order valence-corrected chi connectivity index (χ0v) is 16.5. The van der Waals surface area contributed by atoms with E-state index in [0.717, 1.165) is 0 Å². The Hall–Kier alpha value is -1.28. The summed E-state index contributed by atoms with van der Waals surface area (Å²) >= 11 is 0. The highest BCUT2D eigenvalue weighted by Gasteiger charge is 2.76. The smallest absolute Gasteiger partial charge is 0.320 e. The molecule has 0 aromatic carbocycles. The van der Waals surface area contributed by atoms with Crippen LogP contribution in [-0.4, -0.2) is 58.4 Å². The van der Waals surface area contributed by atoms with E-state index in [2.05, 4.69) is 13.5 Å². The maximum absolute atomic E-state index is 13.7. The second kappa shape index (κ2) is 7.62. The highest BCUT2D eigenvalue weighted by Crippen LogP contribution is 2.69. The molecule has 2 bridgehead atoms. The van der Waals surface area contributed by atoms with Crippen molar-refractivity contribution in [3.8, 4) is 0 Å². The van der Waals surface area contributed by atoms with Crippen LogP contribution in [0.25, 0.3) is 0 Å². The molecule has 2 aliphatic carbocycles. The third-order valence-corrected chi connectivity index (χ3v) is 6.87. The third-order valence-electron chi connectivity index (χ3n) is 6.87. The Morgan fingerprint density at radius 3 is 2.59 bits per heavy atom. The summed E-state index contributed by atoms with van der Waals surface area (Å²) in [6.45, 7) is 7.38. The summed E-state index contributed by atoms with van der Waals surface area (Å²) < 4.78 is 27.6. The standard InChI is InChI=1S/C20H30O7/c1-5-6-19(17(22)24-4)16(21)15-12-18(19,7-8-25-13-23-3)14(2)11-20(15)26-9-10-27-20/h5,14-15H,1,6-13H2,2-4H3/t14-,15-,18-,19+/m0/s1. The fourth-order valence-electron chi connectivity index (χ4n) is 5.75. The van der Waals surface area contributed by atoms with Gasteiger partial charge in [0.1, 0.15) is 12.2 Å². The van der Waals surface area contributed by atoms with Gasteiger partial charge >= 0.3 is 5.97 Å². The Labute approximate surface area is 160 Å². The predicted octanol–water partition coefficient (Wildman–Crippen LogP) is 2.09. The van der Waals surface area contributed by atoms with Gasteiger partial charge in [0.25, 0.3) is 0 Å². The number of esters is 1. The molecule has 0 aromatic heterocycles. The number of carbonyl (C=O) groups excluding carboxylic acids is 2. The molecule has 7 heteroatoms. The quantitative estimate of drug-likeness (QED) is 0.209. The summed E-state index contributed by atoms with van der Waals surface area (Å²) in [6.07, 6.45) is 3.53. The van der Waals surface area contributed by atoms with Gasteiger partial charge in [0.15, 0.2) is 11.6 Å². The predicted molar refractivity (Wildman–Crippen MR) is 95.7 cm³/mol. The van der Waals surface area contributed by atoms with Crippen molar-refractivity contribution >= 4 is 11.8 Å². The van der Waals surface area contributed by atoms with Crippen LogP contribution in [-0.2, 0) is 33.3 Å². The van der Waals surface area contributed by atoms with Crippen molar-refractivity contribution in [2.24, 2.45) is 22.7 Å². The van der Waals surface area contributed by atoms with Crippen LogP contribution in [0.4, 0.5) is 0 Å². The maximum atomic E-state index is 13.7. The molecular formula is C20H30O7. The van der Waals surface area contributed by atoms with E-state index in [9.17, 15) is 9.59 Å². The first-order valence-electron chi connectivity index (χ1n) is 9.52. The summed E-state index contributed by atoms with van der Waals surface area (Å²) in [6, 6.07) is 0. The van der Waals surface area contributed by atoms with E-state index in [1.165, 1.54) is 7.11 Å². The summed E-state index contributed by atoms with van der Waals surface area (Å²) in [5.41, 5.74) is -1.88. The van der Waals surface area contributed by atoms with Crippen LogP contribution < -0.4 is 0 Å². The van der Waals surface area contributed by atoms with E-state index in [0.29, 0.717) is 39.1 Å². The Kier molecular flexibility index (Phi) is 5.77. The SMILES string of the molecule is C=CC[C@]1(C(=O)OC)C(=O)[C@@H]2C[C@@]1(CCOCOC)[C@@H](C)CC21OCCO1. The van der Waals surface area contributed by atoms with Crippen LogP contribution in [0.1, 0.15) is 32.6 Å². The molecule has 2 saturated carbocycles. The number of ether oxygens (including phenoxy) is 5. The first kappa shape index (κ1) is 20.5. The zero-order chi connectivity index (χ0) is 19.7. The summed E-state index contributed by atoms with van der Waals surface area (Å²) in [4.78, 5) is 26.8. The third kappa shape index (κ3) is 2.78. The number of fused-ring (bicyclic) bond motifs is 3. The van der Waals surface area contributed by atoms with Gasteiger partial charge in [-0.05, 0) is 30.6 Å². The van der Waals surface area contributed by atoms with Crippen molar-refractivity contribution in [3.63, 3.8) is 0 Å². The van der Waals surface area contributed by atoms with Crippen LogP contribution in [0.2, 0.25) is 0 Å². The van der Waals surface area contributed by atoms with Crippen LogP contribution in [0.5, 0.6) is 0 Å². The van der Waals surface area contributed by atoms with Gasteiger partial charge in [-0.25, -0.2) is 0 Å². The molecule has 3 rings (SSSR count). The Balaban J connectivity index is 2.06. The highest BCUT2D eigenvalue weighted by atomic mass is 16.7. The number of rotatable bonds is 8. The number of methoxy groups -OCH3 is 2. The number of hydrogen-bond donors (Lipinski definition) is 0. The van der Waals surface area contributed by atoms with E-state index in [1.807, 2.05) is 0 Å². The van der Waals surface area contributed by atoms with Gasteiger partial charge in [-0.15, -0.1) is 6.58 Å². The number of allylic oxidation sites excluding steroid dienone is 1. The fourth-order valence-corrected chi connectivity index (χ4v) is 5.75. The van der Waals surface area contributed by atoms with Crippen LogP contribution in [0.3, 0.4) is 0 Å². The maximum Gasteiger partial charge on any atom is 0.320 e. The minimum Gasteiger partial charge on any atom is -0.468 e. The lowest BCUT2D eigenvalue weighted by atomic mass is 9.54. The van der Waals surface area contributed by atoms with Gasteiger partial charge < -0.3 is 23.7 Å². The Bertz CT molecular complexity index is 597. The fraction of sp³-hybridized carbons (Fsp3) is 0.800. The molecule has 0 radical (unpaired) electrons. The average Bonchev–Trinajstić information content (AvgIpc) is 3.20. The monoisotopic (exact) mass is 382 g/mol. The molecule has 0 N–H and O–H groups in total. The van der Waals surface area contributed by atoms with Gasteiger partial charge in [0.05, 0.1) is 32.8 Å². The van der Waals surface area contributed by atoms with E-state index in [1.54, 1.807) is 13.2 Å². The molecular weight excluding hydrogens is 352 g/mol. The average molecular weight is 382 g/mol. The molecule has 0 aromatic rings. The second-order valence-electron chi connectivity index (χ2n) is 7.85. The van der Waals surface area contributed by atoms with E-state index in [-0.39, 0.29) is 24.9 Å². The summed E-state index contributed by atoms with van der Waals surface area (Å²) in [7, 11) is 2.90. The van der Waals surface area contributed by atoms with Crippen molar-refractivity contribution in [1.82, 2.24) is 0 Å². The molecule has 1 heterocycles. The molecule has 27 heavy (non-hydrogen) atoms. The summed E-state index contributed by atoms with van der Waals surface area (Å²) in [5, 5.41) is 0. The van der Waals surface area contributed by atoms with Gasteiger partial charge in [-0.2, -0.15) is 0 Å². The number of carbonyl (C=O) groups is 2. The lowest BCUT2D eigenvalue weighted by Gasteiger charge is -2.50. The second-order valence-corrected chi connectivity index (χ2v) is 7.85. The van der Waals surface area contributed by atoms with Crippen LogP contribution in [0.15, 0.2) is 12.7 Å². The number of ketones is 1. The molecule has 1 saturated heterocycles. The van der Waals surface area contributed by atoms with Crippen LogP contribution >= 0.6 is 0 Å². The van der Waals surface area contributed by atoms with Gasteiger partial charge in [0, 0.05) is 13.5 Å². The van der Waals surface area contributed by atoms with Crippen molar-refractivity contribution in [3.05, 3.63) is 12.7 Å². The van der Waals surface area contributed by atoms with Crippen molar-refractivity contribution < 1.29 is 33.3 Å². The molecule has 0 amide bonds. The topological polar surface area (TPSA) is 80.3 Å². The normalized spacial score (nSPS) is 36.9. The molecule has 1 spiro atoms. The van der Waals surface area contributed by atoms with E-state index in [4.69, 9.17) is 23.7 Å². The van der Waals surface area contributed by atoms with Gasteiger partial charge in [-0.3, -0.25) is 9.59 Å². The van der Waals surface area contributed by atoms with Crippen molar-refractivity contribution in [1.29, 1.82) is 0 Å². The lowest BCUT2D eigenvalue weighted by Crippen LogP contribution is -2.53. The summed E-state index contributed by atoms with van der Waals surface area (Å²) in [5.74, 6) is -2.05. The molecule has 4 atom stereocenters. The first-order valence-corrected chi connectivity index (χ1v) is 9.52. The van der Waals surface area contributed by atoms with Crippen LogP contribution in [0, 0.1) is 22.7 Å². The molecule has 0 unspecified atom stereocenters. The molecule has 7 nitrogen and oxygen atoms in total. The largest absolute Gasteiger partial charge is 0.468 e. The first-order chi connectivity index (χ1) is 12.9. The van der Waals surface area contributed by atoms with Gasteiger partial charge in [-0.1, -0.05) is 13.0 Å². The Morgan fingerprint density at radius 1 is 1.30 bits per heavy atom. The van der Waals surface area contributed by atoms with Crippen molar-refractivity contribution in [2.45, 2.75) is 38.4 Å². The van der Waals surface area contributed by atoms with E-state index < -0.39 is 28.5 Å². The molecule has 152 valence electrons. The zero-order valence-electron chi connectivity index (χ0n) is 16.5. The van der Waals surface area contributed by atoms with Gasteiger partial charge in [0.2, 0.25) is 0 Å². The van der Waals surface area contributed by atoms with E-state index >= 15 is 0 Å². The highest BCUT2D eigenvalue weighted by molar-refractivity contribution is 6.08. The molecule has 1 aliphatic heterocycles. The minimum absolute atomic E-state index is 0.00324. The lowest BCUT2D eigenvalue weighted by molar-refractivity contribution is -0.227. The number of Topliss-reactive ketones (excluding diaryl/α,β-unsaturated/α-hetero) is 1. The van der Waals surface area contributed by atoms with Crippen molar-refractivity contribution in [2.75, 3.05) is 40.8 Å². The Morgan fingerprint density at radius 2 is 2.00 bits per heavy atom. The molecule has 3 aliphatic rings. The minimum atomic E-state index is -1.29.